The molecule has 41 heavy (non-hydrogen) atoms. The summed E-state index contributed by atoms with van der Waals surface area (Å²) < 4.78 is 11.8. The summed E-state index contributed by atoms with van der Waals surface area (Å²) in [6.07, 6.45) is 3.57. The lowest BCUT2D eigenvalue weighted by Crippen LogP contribution is -2.48. The predicted octanol–water partition coefficient (Wildman–Crippen LogP) is 6.52. The van der Waals surface area contributed by atoms with E-state index in [9.17, 15) is 4.79 Å². The summed E-state index contributed by atoms with van der Waals surface area (Å²) in [5.41, 5.74) is 8.96. The molecule has 0 bridgehead atoms. The highest BCUT2D eigenvalue weighted by Gasteiger charge is 2.31. The van der Waals surface area contributed by atoms with Crippen LogP contribution in [0.15, 0.2) is 82.4 Å². The number of aryl methyl sites for hydroxylation is 1. The van der Waals surface area contributed by atoms with Gasteiger partial charge in [0, 0.05) is 40.4 Å². The average Bonchev–Trinajstić information content (AvgIpc) is 3.61. The fourth-order valence-corrected chi connectivity index (χ4v) is 5.23. The summed E-state index contributed by atoms with van der Waals surface area (Å²) in [6, 6.07) is 15.3. The number of nitrogens with two attached hydrogens (primary N) is 1. The molecule has 214 valence electrons. The van der Waals surface area contributed by atoms with E-state index in [-0.39, 0.29) is 5.91 Å². The molecule has 1 amide bonds. The number of hydrogen-bond acceptors (Lipinski definition) is 8. The van der Waals surface area contributed by atoms with Crippen molar-refractivity contribution in [3.8, 4) is 11.5 Å². The van der Waals surface area contributed by atoms with Crippen LogP contribution in [-0.4, -0.2) is 44.8 Å². The molecule has 2 aromatic carbocycles. The largest absolute Gasteiger partial charge is 0.445 e. The van der Waals surface area contributed by atoms with Gasteiger partial charge in [0.2, 0.25) is 11.8 Å². The summed E-state index contributed by atoms with van der Waals surface area (Å²) >= 11 is 1.54. The van der Waals surface area contributed by atoms with Crippen molar-refractivity contribution >= 4 is 28.9 Å². The van der Waals surface area contributed by atoms with Gasteiger partial charge in [-0.25, -0.2) is 9.97 Å². The third kappa shape index (κ3) is 7.36. The highest BCUT2D eigenvalue weighted by molar-refractivity contribution is 7.09. The molecule has 0 fully saturated rings. The Bertz CT molecular complexity index is 1530. The molecule has 4 aromatic rings. The molecule has 0 aliphatic heterocycles. The van der Waals surface area contributed by atoms with Crippen LogP contribution in [0.25, 0.3) is 17.2 Å². The lowest BCUT2D eigenvalue weighted by molar-refractivity contribution is 0.0558. The lowest BCUT2D eigenvalue weighted by atomic mass is 9.93. The van der Waals surface area contributed by atoms with Gasteiger partial charge in [-0.05, 0) is 64.8 Å². The zero-order valence-corrected chi connectivity index (χ0v) is 25.3. The normalized spacial score (nSPS) is 13.5. The number of oxazole rings is 1. The Morgan fingerprint density at radius 3 is 2.44 bits per heavy atom. The lowest BCUT2D eigenvalue weighted by Gasteiger charge is -2.35. The van der Waals surface area contributed by atoms with E-state index in [0.717, 1.165) is 16.3 Å². The van der Waals surface area contributed by atoms with Crippen LogP contribution < -0.4 is 5.73 Å². The summed E-state index contributed by atoms with van der Waals surface area (Å²) in [5, 5.41) is 2.85. The van der Waals surface area contributed by atoms with Gasteiger partial charge in [-0.3, -0.25) is 9.79 Å². The number of carbonyl (C=O) groups excluding carboxylic acids is 1. The van der Waals surface area contributed by atoms with Gasteiger partial charge in [0.25, 0.3) is 5.91 Å². The predicted molar refractivity (Wildman–Crippen MR) is 165 cm³/mol. The number of thiazole rings is 1. The van der Waals surface area contributed by atoms with Gasteiger partial charge in [0.05, 0.1) is 18.3 Å². The number of hydrogen-bond donors (Lipinski definition) is 1. The Labute approximate surface area is 245 Å². The average molecular weight is 572 g/mol. The first-order valence-corrected chi connectivity index (χ1v) is 14.2. The van der Waals surface area contributed by atoms with Gasteiger partial charge in [-0.2, -0.15) is 0 Å². The summed E-state index contributed by atoms with van der Waals surface area (Å²) in [7, 11) is 1.64. The standard InChI is InChI=1S/C32H37N5O3S/c1-21-20-41-27(36-21)19-37(31(3,4)5)29(38)26-16-24(15-25(17-26)28-35-13-14-39-28)22(2)40-30(34-7)32(6,33)18-23-11-9-8-10-12-23/h8-17,20H,2,18-19,33H2,1,3-7H3/b34-30-. The molecule has 2 heterocycles. The van der Waals surface area contributed by atoms with E-state index < -0.39 is 11.1 Å². The van der Waals surface area contributed by atoms with Gasteiger partial charge >= 0.3 is 0 Å². The van der Waals surface area contributed by atoms with Gasteiger partial charge in [-0.1, -0.05) is 36.9 Å². The molecule has 2 N–H and O–H groups in total. The van der Waals surface area contributed by atoms with Crippen molar-refractivity contribution in [2.75, 3.05) is 7.05 Å². The smallest absolute Gasteiger partial charge is 0.254 e. The highest BCUT2D eigenvalue weighted by Crippen LogP contribution is 2.29. The van der Waals surface area contributed by atoms with Crippen LogP contribution in [0.1, 0.15) is 59.9 Å². The number of nitrogens with zero attached hydrogens (tertiary/aromatic N) is 4. The van der Waals surface area contributed by atoms with Crippen LogP contribution in [0.4, 0.5) is 0 Å². The first kappa shape index (κ1) is 29.9. The number of ether oxygens (including phenoxy) is 1. The molecule has 0 saturated heterocycles. The molecule has 0 saturated carbocycles. The van der Waals surface area contributed by atoms with Crippen LogP contribution in [0.5, 0.6) is 0 Å². The SMILES string of the molecule is C=C(O/C(=N\C)C(C)(N)Cc1ccccc1)c1cc(C(=O)N(Cc2nc(C)cs2)C(C)(C)C)cc(-c2ncco2)c1. The molecular formula is C32H37N5O3S. The summed E-state index contributed by atoms with van der Waals surface area (Å²) in [4.78, 5) is 29.1. The molecule has 2 aromatic heterocycles. The first-order valence-electron chi connectivity index (χ1n) is 13.3. The molecule has 1 unspecified atom stereocenters. The van der Waals surface area contributed by atoms with E-state index in [0.29, 0.717) is 47.2 Å². The second-order valence-electron chi connectivity index (χ2n) is 11.2. The summed E-state index contributed by atoms with van der Waals surface area (Å²) in [6.45, 7) is 14.4. The van der Waals surface area contributed by atoms with Gasteiger partial charge in [-0.15, -0.1) is 11.3 Å². The fourth-order valence-electron chi connectivity index (χ4n) is 4.47. The zero-order chi connectivity index (χ0) is 29.8. The second kappa shape index (κ2) is 12.2. The van der Waals surface area contributed by atoms with E-state index in [1.807, 2.05) is 81.3 Å². The van der Waals surface area contributed by atoms with Gasteiger partial charge < -0.3 is 19.8 Å². The molecule has 1 atom stereocenters. The van der Waals surface area contributed by atoms with E-state index in [4.69, 9.17) is 14.9 Å². The maximum Gasteiger partial charge on any atom is 0.254 e. The van der Waals surface area contributed by atoms with Crippen molar-refractivity contribution in [2.24, 2.45) is 10.7 Å². The van der Waals surface area contributed by atoms with Crippen molar-refractivity contribution < 1.29 is 13.9 Å². The minimum Gasteiger partial charge on any atom is -0.445 e. The Balaban J connectivity index is 1.68. The molecule has 0 aliphatic carbocycles. The number of rotatable bonds is 9. The van der Waals surface area contributed by atoms with Crippen LogP contribution in [-0.2, 0) is 17.7 Å². The summed E-state index contributed by atoms with van der Waals surface area (Å²) in [5.74, 6) is 0.848. The monoisotopic (exact) mass is 571 g/mol. The first-order chi connectivity index (χ1) is 19.4. The van der Waals surface area contributed by atoms with Crippen LogP contribution >= 0.6 is 11.3 Å². The molecule has 0 aliphatic rings. The minimum atomic E-state index is -0.896. The number of aliphatic imine (C=N–C) groups is 1. The van der Waals surface area contributed by atoms with E-state index in [2.05, 4.69) is 21.5 Å². The van der Waals surface area contributed by atoms with Crippen molar-refractivity contribution in [2.45, 2.75) is 58.7 Å². The number of amides is 1. The van der Waals surface area contributed by atoms with Crippen LogP contribution in [0.2, 0.25) is 0 Å². The molecular weight excluding hydrogens is 534 g/mol. The van der Waals surface area contributed by atoms with E-state index in [1.165, 1.54) is 17.6 Å². The fraction of sp³-hybridized carbons (Fsp3) is 0.312. The van der Waals surface area contributed by atoms with Crippen molar-refractivity contribution in [3.63, 3.8) is 0 Å². The minimum absolute atomic E-state index is 0.162. The second-order valence-corrected chi connectivity index (χ2v) is 12.2. The van der Waals surface area contributed by atoms with Gasteiger partial charge in [0.1, 0.15) is 17.0 Å². The third-order valence-electron chi connectivity index (χ3n) is 6.52. The maximum absolute atomic E-state index is 14.1. The van der Waals surface area contributed by atoms with Crippen molar-refractivity contribution in [3.05, 3.63) is 100 Å². The van der Waals surface area contributed by atoms with Crippen LogP contribution in [0, 0.1) is 6.92 Å². The maximum atomic E-state index is 14.1. The van der Waals surface area contributed by atoms with Gasteiger partial charge in [0.15, 0.2) is 0 Å². The molecule has 0 spiro atoms. The quantitative estimate of drug-likeness (QED) is 0.139. The highest BCUT2D eigenvalue weighted by atomic mass is 32.1. The zero-order valence-electron chi connectivity index (χ0n) is 24.5. The Kier molecular flexibility index (Phi) is 8.89. The molecule has 9 heteroatoms. The van der Waals surface area contributed by atoms with Crippen LogP contribution in [0.3, 0.4) is 0 Å². The Hall–Kier alpha value is -4.08. The Morgan fingerprint density at radius 2 is 1.85 bits per heavy atom. The number of carbonyl (C=O) groups is 1. The topological polar surface area (TPSA) is 107 Å². The third-order valence-corrected chi connectivity index (χ3v) is 7.47. The van der Waals surface area contributed by atoms with Crippen molar-refractivity contribution in [1.82, 2.24) is 14.9 Å². The number of benzene rings is 2. The van der Waals surface area contributed by atoms with E-state index in [1.54, 1.807) is 25.4 Å². The Morgan fingerprint density at radius 1 is 1.15 bits per heavy atom. The molecule has 0 radical (unpaired) electrons. The molecule has 8 nitrogen and oxygen atoms in total. The molecule has 4 rings (SSSR count). The van der Waals surface area contributed by atoms with Crippen molar-refractivity contribution in [1.29, 1.82) is 0 Å². The van der Waals surface area contributed by atoms with E-state index >= 15 is 0 Å². The number of aromatic nitrogens is 2.